The molecule has 0 radical (unpaired) electrons. The third-order valence-corrected chi connectivity index (χ3v) is 5.66. The molecule has 1 N–H and O–H groups in total. The van der Waals surface area contributed by atoms with Crippen LogP contribution in [0.1, 0.15) is 37.8 Å². The zero-order valence-electron chi connectivity index (χ0n) is 17.9. The topological polar surface area (TPSA) is 52.0 Å². The maximum atomic E-state index is 15.1. The van der Waals surface area contributed by atoms with E-state index in [1.165, 1.54) is 6.07 Å². The second-order valence-corrected chi connectivity index (χ2v) is 7.96. The van der Waals surface area contributed by atoms with E-state index in [9.17, 15) is 5.11 Å². The highest BCUT2D eigenvalue weighted by Gasteiger charge is 2.25. The second-order valence-electron chi connectivity index (χ2n) is 7.96. The number of rotatable bonds is 5. The number of hydrazone groups is 1. The van der Waals surface area contributed by atoms with Crippen molar-refractivity contribution in [2.45, 2.75) is 33.6 Å². The van der Waals surface area contributed by atoms with Gasteiger partial charge in [-0.25, -0.2) is 14.4 Å². The van der Waals surface area contributed by atoms with E-state index >= 15 is 4.39 Å². The van der Waals surface area contributed by atoms with Crippen molar-refractivity contribution in [3.05, 3.63) is 59.4 Å². The van der Waals surface area contributed by atoms with Crippen LogP contribution in [-0.4, -0.2) is 40.6 Å². The Morgan fingerprint density at radius 3 is 2.57 bits per heavy atom. The molecule has 0 aliphatic carbocycles. The third-order valence-electron chi connectivity index (χ3n) is 5.66. The number of hydrogen-bond acceptors (Lipinski definition) is 5. The highest BCUT2D eigenvalue weighted by atomic mass is 19.1. The normalized spacial score (nSPS) is 14.2. The Balaban J connectivity index is 1.87. The van der Waals surface area contributed by atoms with Gasteiger partial charge in [-0.05, 0) is 43.0 Å². The zero-order valence-corrected chi connectivity index (χ0v) is 17.9. The number of nitrogens with zero attached hydrogens (tertiary/aromatic N) is 4. The number of likely N-dealkylation sites (N-methyl/N-ethyl adjacent to an activating group) is 1. The number of aliphatic hydroxyl groups excluding tert-OH is 1. The third kappa shape index (κ3) is 3.52. The zero-order chi connectivity index (χ0) is 21.4. The predicted octanol–water partition coefficient (Wildman–Crippen LogP) is 4.88. The Labute approximate surface area is 176 Å². The van der Waals surface area contributed by atoms with E-state index in [-0.39, 0.29) is 18.3 Å². The number of pyridine rings is 1. The summed E-state index contributed by atoms with van der Waals surface area (Å²) >= 11 is 0. The standard InChI is InChI=1S/C24H27FN4O/c1-5-28-14-29(27-24(28)13-30)23-11-19-18(15(2)3)10-21(26-22(19)12-20(23)25)17-9-7-6-8-16(17)4/h6-12,15,30H,5,13-14H2,1-4H3. The molecule has 4 rings (SSSR count). The summed E-state index contributed by atoms with van der Waals surface area (Å²) in [7, 11) is 0. The number of benzene rings is 2. The van der Waals surface area contributed by atoms with Crippen LogP contribution in [0.2, 0.25) is 0 Å². The smallest absolute Gasteiger partial charge is 0.152 e. The lowest BCUT2D eigenvalue weighted by Crippen LogP contribution is -2.32. The average molecular weight is 407 g/mol. The van der Waals surface area contributed by atoms with Gasteiger partial charge in [0.25, 0.3) is 0 Å². The number of aryl methyl sites for hydroxylation is 1. The first-order valence-electron chi connectivity index (χ1n) is 10.3. The summed E-state index contributed by atoms with van der Waals surface area (Å²) in [6.45, 7) is 9.26. The van der Waals surface area contributed by atoms with Crippen LogP contribution in [0.3, 0.4) is 0 Å². The van der Waals surface area contributed by atoms with Crippen LogP contribution in [0, 0.1) is 12.7 Å². The molecule has 5 nitrogen and oxygen atoms in total. The van der Waals surface area contributed by atoms with Gasteiger partial charge in [0.05, 0.1) is 16.9 Å². The fourth-order valence-electron chi connectivity index (χ4n) is 3.96. The van der Waals surface area contributed by atoms with Gasteiger partial charge in [0.15, 0.2) is 11.7 Å². The molecular weight excluding hydrogens is 379 g/mol. The van der Waals surface area contributed by atoms with Crippen LogP contribution < -0.4 is 5.01 Å². The largest absolute Gasteiger partial charge is 0.388 e. The first-order valence-corrected chi connectivity index (χ1v) is 10.3. The summed E-state index contributed by atoms with van der Waals surface area (Å²) in [5.41, 5.74) is 5.21. The van der Waals surface area contributed by atoms with E-state index in [1.807, 2.05) is 36.1 Å². The molecule has 0 fully saturated rings. The maximum Gasteiger partial charge on any atom is 0.152 e. The first kappa shape index (κ1) is 20.3. The van der Waals surface area contributed by atoms with Gasteiger partial charge in [0, 0.05) is 23.6 Å². The summed E-state index contributed by atoms with van der Waals surface area (Å²) in [4.78, 5) is 6.72. The van der Waals surface area contributed by atoms with Crippen LogP contribution in [0.4, 0.5) is 10.1 Å². The van der Waals surface area contributed by atoms with Crippen molar-refractivity contribution in [2.75, 3.05) is 24.8 Å². The van der Waals surface area contributed by atoms with Crippen molar-refractivity contribution in [1.29, 1.82) is 0 Å². The van der Waals surface area contributed by atoms with Crippen molar-refractivity contribution in [3.8, 4) is 11.3 Å². The molecule has 2 aromatic carbocycles. The van der Waals surface area contributed by atoms with E-state index in [0.29, 0.717) is 30.3 Å². The molecule has 6 heteroatoms. The number of amidine groups is 1. The lowest BCUT2D eigenvalue weighted by Gasteiger charge is -2.21. The number of aromatic nitrogens is 1. The molecular formula is C24H27FN4O. The van der Waals surface area contributed by atoms with Crippen LogP contribution in [0.25, 0.3) is 22.2 Å². The molecule has 0 bridgehead atoms. The quantitative estimate of drug-likeness (QED) is 0.656. The molecule has 156 valence electrons. The second kappa shape index (κ2) is 8.03. The number of anilines is 1. The predicted molar refractivity (Wildman–Crippen MR) is 120 cm³/mol. The van der Waals surface area contributed by atoms with Gasteiger partial charge in [0.1, 0.15) is 13.3 Å². The minimum atomic E-state index is -0.370. The van der Waals surface area contributed by atoms with Crippen LogP contribution in [-0.2, 0) is 0 Å². The summed E-state index contributed by atoms with van der Waals surface area (Å²) in [5.74, 6) is 0.429. The van der Waals surface area contributed by atoms with Crippen LogP contribution in [0.15, 0.2) is 47.6 Å². The Morgan fingerprint density at radius 2 is 1.93 bits per heavy atom. The van der Waals surface area contributed by atoms with E-state index in [2.05, 4.69) is 38.0 Å². The van der Waals surface area contributed by atoms with Crippen LogP contribution in [0.5, 0.6) is 0 Å². The minimum Gasteiger partial charge on any atom is -0.388 e. The van der Waals surface area contributed by atoms with E-state index < -0.39 is 0 Å². The van der Waals surface area contributed by atoms with Crippen molar-refractivity contribution in [2.24, 2.45) is 5.10 Å². The summed E-state index contributed by atoms with van der Waals surface area (Å²) in [6, 6.07) is 13.6. The van der Waals surface area contributed by atoms with Gasteiger partial charge in [-0.15, -0.1) is 0 Å². The molecule has 30 heavy (non-hydrogen) atoms. The molecule has 1 aliphatic rings. The lowest BCUT2D eigenvalue weighted by atomic mass is 9.94. The van der Waals surface area contributed by atoms with E-state index in [0.717, 1.165) is 27.8 Å². The molecule has 0 saturated carbocycles. The van der Waals surface area contributed by atoms with Gasteiger partial charge < -0.3 is 10.0 Å². The fraction of sp³-hybridized carbons (Fsp3) is 0.333. The molecule has 1 aliphatic heterocycles. The molecule has 0 saturated heterocycles. The SMILES string of the molecule is CCN1CN(c2cc3c(C(C)C)cc(-c4ccccc4C)nc3cc2F)N=C1CO. The number of fused-ring (bicyclic) bond motifs is 1. The first-order chi connectivity index (χ1) is 14.4. The summed E-state index contributed by atoms with van der Waals surface area (Å²) in [6.07, 6.45) is 0. The molecule has 2 heterocycles. The van der Waals surface area contributed by atoms with E-state index in [1.54, 1.807) is 5.01 Å². The Morgan fingerprint density at radius 1 is 1.17 bits per heavy atom. The Hall–Kier alpha value is -2.99. The number of hydrogen-bond donors (Lipinski definition) is 1. The fourth-order valence-corrected chi connectivity index (χ4v) is 3.96. The monoisotopic (exact) mass is 406 g/mol. The van der Waals surface area contributed by atoms with Gasteiger partial charge in [-0.2, -0.15) is 5.10 Å². The van der Waals surface area contributed by atoms with Crippen molar-refractivity contribution in [1.82, 2.24) is 9.88 Å². The summed E-state index contributed by atoms with van der Waals surface area (Å²) < 4.78 is 15.1. The molecule has 0 spiro atoms. The number of halogens is 1. The molecule has 3 aromatic rings. The van der Waals surface area contributed by atoms with Crippen molar-refractivity contribution >= 4 is 22.4 Å². The molecule has 1 aromatic heterocycles. The Bertz CT molecular complexity index is 1130. The van der Waals surface area contributed by atoms with Gasteiger partial charge >= 0.3 is 0 Å². The van der Waals surface area contributed by atoms with E-state index in [4.69, 9.17) is 4.98 Å². The molecule has 0 amide bonds. The average Bonchev–Trinajstić information content (AvgIpc) is 3.15. The summed E-state index contributed by atoms with van der Waals surface area (Å²) in [5, 5.41) is 16.5. The highest BCUT2D eigenvalue weighted by molar-refractivity contribution is 5.91. The maximum absolute atomic E-state index is 15.1. The molecule has 0 atom stereocenters. The lowest BCUT2D eigenvalue weighted by molar-refractivity contribution is 0.332. The number of aliphatic hydroxyl groups is 1. The minimum absolute atomic E-state index is 0.169. The van der Waals surface area contributed by atoms with Crippen molar-refractivity contribution in [3.63, 3.8) is 0 Å². The van der Waals surface area contributed by atoms with Gasteiger partial charge in [-0.3, -0.25) is 0 Å². The van der Waals surface area contributed by atoms with Crippen molar-refractivity contribution < 1.29 is 9.50 Å². The Kier molecular flexibility index (Phi) is 5.43. The van der Waals surface area contributed by atoms with Gasteiger partial charge in [0.2, 0.25) is 0 Å². The highest BCUT2D eigenvalue weighted by Crippen LogP contribution is 2.35. The molecule has 0 unspecified atom stereocenters. The van der Waals surface area contributed by atoms with Gasteiger partial charge in [-0.1, -0.05) is 38.1 Å². The van der Waals surface area contributed by atoms with Crippen LogP contribution >= 0.6 is 0 Å².